The van der Waals surface area contributed by atoms with E-state index in [1.165, 1.54) is 6.07 Å². The molecule has 8 heteroatoms. The molecule has 1 saturated heterocycles. The van der Waals surface area contributed by atoms with Gasteiger partial charge in [0.2, 0.25) is 0 Å². The molecule has 1 aromatic heterocycles. The lowest BCUT2D eigenvalue weighted by Crippen LogP contribution is -2.54. The molecule has 0 unspecified atom stereocenters. The number of carbonyl (C=O) groups excluding carboxylic acids is 3. The van der Waals surface area contributed by atoms with Crippen molar-refractivity contribution in [2.45, 2.75) is 6.92 Å². The van der Waals surface area contributed by atoms with E-state index in [0.717, 1.165) is 43.1 Å². The van der Waals surface area contributed by atoms with Crippen LogP contribution in [0.3, 0.4) is 0 Å². The van der Waals surface area contributed by atoms with Gasteiger partial charge in [0.05, 0.1) is 17.1 Å². The third-order valence-corrected chi connectivity index (χ3v) is 7.98. The van der Waals surface area contributed by atoms with Gasteiger partial charge < -0.3 is 4.57 Å². The van der Waals surface area contributed by atoms with Crippen molar-refractivity contribution in [2.24, 2.45) is 0 Å². The number of amides is 4. The Morgan fingerprint density at radius 3 is 2.02 bits per heavy atom. The van der Waals surface area contributed by atoms with E-state index in [9.17, 15) is 14.4 Å². The number of imide groups is 2. The average Bonchev–Trinajstić information content (AvgIpc) is 3.37. The highest BCUT2D eigenvalue weighted by Crippen LogP contribution is 2.38. The predicted molar refractivity (Wildman–Crippen MR) is 170 cm³/mol. The normalized spacial score (nSPS) is 14.4. The van der Waals surface area contributed by atoms with Gasteiger partial charge in [-0.05, 0) is 72.2 Å². The van der Waals surface area contributed by atoms with Crippen molar-refractivity contribution >= 4 is 57.1 Å². The summed E-state index contributed by atoms with van der Waals surface area (Å²) < 4.78 is 3.05. The summed E-state index contributed by atoms with van der Waals surface area (Å²) >= 11 is 9.83. The first-order valence-corrected chi connectivity index (χ1v) is 14.3. The molecule has 5 aromatic rings. The topological polar surface area (TPSA) is 71.4 Å². The average molecular weight is 637 g/mol. The summed E-state index contributed by atoms with van der Waals surface area (Å²) in [6, 6.07) is 33.6. The lowest BCUT2D eigenvalue weighted by Gasteiger charge is -2.26. The van der Waals surface area contributed by atoms with E-state index in [1.807, 2.05) is 97.9 Å². The van der Waals surface area contributed by atoms with Gasteiger partial charge in [0.15, 0.2) is 0 Å². The second kappa shape index (κ2) is 11.3. The number of urea groups is 1. The lowest BCUT2D eigenvalue weighted by molar-refractivity contribution is -0.122. The molecule has 42 heavy (non-hydrogen) atoms. The van der Waals surface area contributed by atoms with Crippen LogP contribution in [0.2, 0.25) is 5.02 Å². The number of nitrogens with one attached hydrogen (secondary N) is 1. The number of benzene rings is 4. The van der Waals surface area contributed by atoms with Crippen molar-refractivity contribution in [3.63, 3.8) is 0 Å². The molecule has 0 saturated carbocycles. The van der Waals surface area contributed by atoms with Crippen molar-refractivity contribution in [3.05, 3.63) is 135 Å². The summed E-state index contributed by atoms with van der Waals surface area (Å²) in [5.41, 5.74) is 5.92. The van der Waals surface area contributed by atoms with Gasteiger partial charge in [-0.1, -0.05) is 94.3 Å². The number of halogens is 2. The SMILES string of the molecule is Cc1ccc(N2C(=O)NC(=O)/C(=C\c3cc(-c4ccccc4)n(-c4ccc(Br)cc4)c3-c3ccccc3)C2=O)cc1Cl. The van der Waals surface area contributed by atoms with Crippen LogP contribution in [0.1, 0.15) is 11.1 Å². The molecule has 1 aliphatic heterocycles. The molecule has 1 fully saturated rings. The lowest BCUT2D eigenvalue weighted by atomic mass is 10.0. The first-order valence-electron chi connectivity index (χ1n) is 13.1. The van der Waals surface area contributed by atoms with Gasteiger partial charge in [-0.25, -0.2) is 9.69 Å². The van der Waals surface area contributed by atoms with Gasteiger partial charge in [0.1, 0.15) is 5.57 Å². The molecule has 0 atom stereocenters. The van der Waals surface area contributed by atoms with E-state index in [2.05, 4.69) is 25.8 Å². The highest BCUT2D eigenvalue weighted by atomic mass is 79.9. The van der Waals surface area contributed by atoms with Crippen molar-refractivity contribution in [1.29, 1.82) is 0 Å². The zero-order valence-electron chi connectivity index (χ0n) is 22.3. The molecule has 1 N–H and O–H groups in total. The molecule has 0 spiro atoms. The van der Waals surface area contributed by atoms with Crippen molar-refractivity contribution in [1.82, 2.24) is 9.88 Å². The molecular formula is C34H23BrClN3O3. The number of barbiturate groups is 1. The molecule has 6 rings (SSSR count). The van der Waals surface area contributed by atoms with Crippen LogP contribution in [0.25, 0.3) is 34.3 Å². The zero-order valence-corrected chi connectivity index (χ0v) is 24.7. The Morgan fingerprint density at radius 2 is 1.38 bits per heavy atom. The Balaban J connectivity index is 1.59. The maximum atomic E-state index is 13.8. The third-order valence-electron chi connectivity index (χ3n) is 7.05. The van der Waals surface area contributed by atoms with E-state index in [-0.39, 0.29) is 11.3 Å². The Labute approximate surface area is 256 Å². The van der Waals surface area contributed by atoms with Crippen LogP contribution in [-0.4, -0.2) is 22.4 Å². The van der Waals surface area contributed by atoms with Crippen LogP contribution in [0.4, 0.5) is 10.5 Å². The highest BCUT2D eigenvalue weighted by Gasteiger charge is 2.37. The van der Waals surface area contributed by atoms with Crippen LogP contribution >= 0.6 is 27.5 Å². The molecule has 0 aliphatic carbocycles. The van der Waals surface area contributed by atoms with Crippen LogP contribution in [0, 0.1) is 6.92 Å². The van der Waals surface area contributed by atoms with E-state index in [0.29, 0.717) is 10.6 Å². The largest absolute Gasteiger partial charge is 0.335 e. The fourth-order valence-corrected chi connectivity index (χ4v) is 5.42. The van der Waals surface area contributed by atoms with Gasteiger partial charge in [0.25, 0.3) is 11.8 Å². The Morgan fingerprint density at radius 1 is 0.762 bits per heavy atom. The minimum Gasteiger partial charge on any atom is -0.309 e. The van der Waals surface area contributed by atoms with Crippen molar-refractivity contribution < 1.29 is 14.4 Å². The molecule has 1 aliphatic rings. The number of carbonyl (C=O) groups is 3. The second-order valence-electron chi connectivity index (χ2n) is 9.77. The number of hydrogen-bond acceptors (Lipinski definition) is 3. The van der Waals surface area contributed by atoms with Crippen LogP contribution in [-0.2, 0) is 9.59 Å². The Kier molecular flexibility index (Phi) is 7.37. The van der Waals surface area contributed by atoms with E-state index in [1.54, 1.807) is 18.2 Å². The fraction of sp³-hybridized carbons (Fsp3) is 0.0294. The Hall–Kier alpha value is -4.72. The summed E-state index contributed by atoms with van der Waals surface area (Å²) in [5.74, 6) is -1.50. The van der Waals surface area contributed by atoms with Gasteiger partial charge in [0, 0.05) is 20.7 Å². The third kappa shape index (κ3) is 5.09. The van der Waals surface area contributed by atoms with Gasteiger partial charge >= 0.3 is 6.03 Å². The maximum Gasteiger partial charge on any atom is 0.335 e. The standard InChI is InChI=1S/C34H23BrClN3O3/c1-21-12-15-27(20-29(21)36)39-33(41)28(32(40)37-34(39)42)18-24-19-30(22-8-4-2-5-9-22)38(26-16-13-25(35)14-17-26)31(24)23-10-6-3-7-11-23/h2-20H,1H3,(H,37,40,42)/b28-18+. The first-order chi connectivity index (χ1) is 20.3. The van der Waals surface area contributed by atoms with Crippen LogP contribution < -0.4 is 10.2 Å². The Bertz CT molecular complexity index is 1880. The quantitative estimate of drug-likeness (QED) is 0.156. The molecule has 0 radical (unpaired) electrons. The predicted octanol–water partition coefficient (Wildman–Crippen LogP) is 8.20. The van der Waals surface area contributed by atoms with Gasteiger partial charge in [-0.15, -0.1) is 0 Å². The highest BCUT2D eigenvalue weighted by molar-refractivity contribution is 9.10. The number of hydrogen-bond donors (Lipinski definition) is 1. The van der Waals surface area contributed by atoms with Crippen molar-refractivity contribution in [2.75, 3.05) is 4.90 Å². The number of nitrogens with zero attached hydrogens (tertiary/aromatic N) is 2. The van der Waals surface area contributed by atoms with Crippen LogP contribution in [0.5, 0.6) is 0 Å². The van der Waals surface area contributed by atoms with Gasteiger partial charge in [-0.2, -0.15) is 0 Å². The molecule has 4 amide bonds. The molecule has 4 aromatic carbocycles. The molecule has 0 bridgehead atoms. The summed E-state index contributed by atoms with van der Waals surface area (Å²) in [6.45, 7) is 1.82. The monoisotopic (exact) mass is 635 g/mol. The minimum atomic E-state index is -0.831. The smallest absolute Gasteiger partial charge is 0.309 e. The van der Waals surface area contributed by atoms with E-state index in [4.69, 9.17) is 11.6 Å². The summed E-state index contributed by atoms with van der Waals surface area (Å²) in [6.07, 6.45) is 1.55. The molecule has 206 valence electrons. The van der Waals surface area contributed by atoms with E-state index < -0.39 is 17.8 Å². The second-order valence-corrected chi connectivity index (χ2v) is 11.1. The maximum absolute atomic E-state index is 13.8. The number of aromatic nitrogens is 1. The number of rotatable bonds is 5. The van der Waals surface area contributed by atoms with Crippen molar-refractivity contribution in [3.8, 4) is 28.2 Å². The van der Waals surface area contributed by atoms with Gasteiger partial charge in [-0.3, -0.25) is 14.9 Å². The first kappa shape index (κ1) is 27.4. The molecular weight excluding hydrogens is 614 g/mol. The fourth-order valence-electron chi connectivity index (χ4n) is 4.98. The summed E-state index contributed by atoms with van der Waals surface area (Å²) in [4.78, 5) is 40.7. The number of anilines is 1. The molecule has 2 heterocycles. The van der Waals surface area contributed by atoms with Crippen LogP contribution in [0.15, 0.2) is 119 Å². The summed E-state index contributed by atoms with van der Waals surface area (Å²) in [7, 11) is 0. The van der Waals surface area contributed by atoms with E-state index >= 15 is 0 Å². The minimum absolute atomic E-state index is 0.170. The number of aryl methyl sites for hydroxylation is 1. The zero-order chi connectivity index (χ0) is 29.4. The summed E-state index contributed by atoms with van der Waals surface area (Å²) in [5, 5.41) is 2.72. The molecule has 6 nitrogen and oxygen atoms in total.